The average Bonchev–Trinajstić information content (AvgIpc) is 3.35. The summed E-state index contributed by atoms with van der Waals surface area (Å²) < 4.78 is 15.7. The second-order valence-electron chi connectivity index (χ2n) is 5.70. The van der Waals surface area contributed by atoms with Crippen LogP contribution in [0, 0.1) is 0 Å². The smallest absolute Gasteiger partial charge is 0.350 e. The van der Waals surface area contributed by atoms with Crippen LogP contribution < -0.4 is 10.1 Å². The maximum Gasteiger partial charge on any atom is 0.350 e. The zero-order valence-corrected chi connectivity index (χ0v) is 15.8. The van der Waals surface area contributed by atoms with Crippen LogP contribution in [-0.4, -0.2) is 26.1 Å². The maximum atomic E-state index is 12.2. The Kier molecular flexibility index (Phi) is 5.93. The number of hydrogen-bond donors (Lipinski definition) is 1. The van der Waals surface area contributed by atoms with Crippen molar-refractivity contribution in [3.63, 3.8) is 0 Å². The zero-order chi connectivity index (χ0) is 19.2. The number of furan rings is 1. The SMILES string of the molecule is COC(=O)c1sccc1NC(=O)CCc1ccc(-c2ccc(OC)cc2)o1. The van der Waals surface area contributed by atoms with Gasteiger partial charge in [-0.2, -0.15) is 0 Å². The van der Waals surface area contributed by atoms with Crippen LogP contribution in [0.2, 0.25) is 0 Å². The fourth-order valence-electron chi connectivity index (χ4n) is 2.53. The lowest BCUT2D eigenvalue weighted by molar-refractivity contribution is -0.116. The summed E-state index contributed by atoms with van der Waals surface area (Å²) in [6.07, 6.45) is 0.700. The molecule has 0 saturated carbocycles. The van der Waals surface area contributed by atoms with Gasteiger partial charge in [-0.1, -0.05) is 0 Å². The quantitative estimate of drug-likeness (QED) is 0.611. The third-order valence-electron chi connectivity index (χ3n) is 3.94. The Morgan fingerprint density at radius 3 is 2.56 bits per heavy atom. The predicted octanol–water partition coefficient (Wildman–Crippen LogP) is 4.37. The van der Waals surface area contributed by atoms with Gasteiger partial charge in [-0.05, 0) is 47.8 Å². The Morgan fingerprint density at radius 1 is 1.07 bits per heavy atom. The van der Waals surface area contributed by atoms with Crippen LogP contribution in [-0.2, 0) is 16.0 Å². The van der Waals surface area contributed by atoms with E-state index in [0.29, 0.717) is 17.0 Å². The molecule has 2 heterocycles. The topological polar surface area (TPSA) is 77.8 Å². The first kappa shape index (κ1) is 18.7. The molecule has 0 radical (unpaired) electrons. The predicted molar refractivity (Wildman–Crippen MR) is 103 cm³/mol. The minimum atomic E-state index is -0.463. The summed E-state index contributed by atoms with van der Waals surface area (Å²) in [5.74, 6) is 1.58. The molecule has 6 nitrogen and oxygen atoms in total. The molecule has 3 aromatic rings. The lowest BCUT2D eigenvalue weighted by Gasteiger charge is -2.05. The molecule has 0 aliphatic heterocycles. The summed E-state index contributed by atoms with van der Waals surface area (Å²) in [6, 6.07) is 13.0. The van der Waals surface area contributed by atoms with Crippen molar-refractivity contribution in [1.29, 1.82) is 0 Å². The molecule has 1 amide bonds. The monoisotopic (exact) mass is 385 g/mol. The molecule has 7 heteroatoms. The van der Waals surface area contributed by atoms with E-state index in [9.17, 15) is 9.59 Å². The molecule has 0 fully saturated rings. The van der Waals surface area contributed by atoms with Crippen LogP contribution in [0.5, 0.6) is 5.75 Å². The minimum absolute atomic E-state index is 0.194. The van der Waals surface area contributed by atoms with Gasteiger partial charge >= 0.3 is 5.97 Å². The molecule has 0 aliphatic carbocycles. The largest absolute Gasteiger partial charge is 0.497 e. The van der Waals surface area contributed by atoms with Gasteiger partial charge in [0.1, 0.15) is 22.1 Å². The van der Waals surface area contributed by atoms with Gasteiger partial charge in [0, 0.05) is 18.4 Å². The van der Waals surface area contributed by atoms with Crippen LogP contribution in [0.3, 0.4) is 0 Å². The molecule has 1 N–H and O–H groups in total. The molecule has 0 spiro atoms. The highest BCUT2D eigenvalue weighted by Crippen LogP contribution is 2.26. The van der Waals surface area contributed by atoms with E-state index in [1.54, 1.807) is 18.6 Å². The summed E-state index contributed by atoms with van der Waals surface area (Å²) in [6.45, 7) is 0. The van der Waals surface area contributed by atoms with Crippen molar-refractivity contribution < 1.29 is 23.5 Å². The van der Waals surface area contributed by atoms with E-state index in [4.69, 9.17) is 13.9 Å². The molecule has 3 rings (SSSR count). The lowest BCUT2D eigenvalue weighted by Crippen LogP contribution is -2.14. The number of carbonyl (C=O) groups is 2. The molecule has 0 saturated heterocycles. The van der Waals surface area contributed by atoms with Crippen molar-refractivity contribution in [3.8, 4) is 17.1 Å². The zero-order valence-electron chi connectivity index (χ0n) is 15.0. The van der Waals surface area contributed by atoms with Crippen LogP contribution in [0.1, 0.15) is 21.9 Å². The number of rotatable bonds is 7. The van der Waals surface area contributed by atoms with E-state index in [-0.39, 0.29) is 12.3 Å². The summed E-state index contributed by atoms with van der Waals surface area (Å²) in [5.41, 5.74) is 1.41. The van der Waals surface area contributed by atoms with Gasteiger partial charge in [0.05, 0.1) is 19.9 Å². The van der Waals surface area contributed by atoms with Gasteiger partial charge in [0.15, 0.2) is 0 Å². The fraction of sp³-hybridized carbons (Fsp3) is 0.200. The van der Waals surface area contributed by atoms with Gasteiger partial charge < -0.3 is 19.2 Å². The van der Waals surface area contributed by atoms with Gasteiger partial charge in [-0.15, -0.1) is 11.3 Å². The fourth-order valence-corrected chi connectivity index (χ4v) is 3.30. The molecule has 27 heavy (non-hydrogen) atoms. The molecule has 0 atom stereocenters. The lowest BCUT2D eigenvalue weighted by atomic mass is 10.2. The van der Waals surface area contributed by atoms with Crippen molar-refractivity contribution >= 4 is 28.9 Å². The van der Waals surface area contributed by atoms with Crippen molar-refractivity contribution in [1.82, 2.24) is 0 Å². The Balaban J connectivity index is 1.57. The van der Waals surface area contributed by atoms with Crippen molar-refractivity contribution in [2.75, 3.05) is 19.5 Å². The first-order valence-corrected chi connectivity index (χ1v) is 9.17. The van der Waals surface area contributed by atoms with E-state index in [2.05, 4.69) is 5.32 Å². The first-order valence-electron chi connectivity index (χ1n) is 8.29. The van der Waals surface area contributed by atoms with E-state index in [1.807, 2.05) is 36.4 Å². The minimum Gasteiger partial charge on any atom is -0.497 e. The van der Waals surface area contributed by atoms with Gasteiger partial charge in [0.25, 0.3) is 0 Å². The maximum absolute atomic E-state index is 12.2. The number of methoxy groups -OCH3 is 2. The molecule has 140 valence electrons. The third-order valence-corrected chi connectivity index (χ3v) is 4.84. The summed E-state index contributed by atoms with van der Waals surface area (Å²) >= 11 is 1.23. The number of amides is 1. The number of nitrogens with one attached hydrogen (secondary N) is 1. The number of anilines is 1. The van der Waals surface area contributed by atoms with Gasteiger partial charge in [-0.3, -0.25) is 4.79 Å². The first-order chi connectivity index (χ1) is 13.1. The number of hydrogen-bond acceptors (Lipinski definition) is 6. The molecule has 1 aromatic carbocycles. The molecule has 2 aromatic heterocycles. The summed E-state index contributed by atoms with van der Waals surface area (Å²) in [7, 11) is 2.93. The van der Waals surface area contributed by atoms with Crippen LogP contribution >= 0.6 is 11.3 Å². The second kappa shape index (κ2) is 8.55. The molecular formula is C20H19NO5S. The Bertz CT molecular complexity index is 926. The molecule has 0 bridgehead atoms. The Labute approximate surface area is 160 Å². The van der Waals surface area contributed by atoms with Crippen LogP contribution in [0.25, 0.3) is 11.3 Å². The Morgan fingerprint density at radius 2 is 1.85 bits per heavy atom. The van der Waals surface area contributed by atoms with E-state index in [0.717, 1.165) is 22.8 Å². The number of benzene rings is 1. The second-order valence-corrected chi connectivity index (χ2v) is 6.61. The standard InChI is InChI=1S/C20H19NO5S/c1-24-14-5-3-13(4-6-14)17-9-7-15(26-17)8-10-18(22)21-16-11-12-27-19(16)20(23)25-2/h3-7,9,11-12H,8,10H2,1-2H3,(H,21,22). The van der Waals surface area contributed by atoms with Gasteiger partial charge in [0.2, 0.25) is 5.91 Å². The number of ether oxygens (including phenoxy) is 2. The summed E-state index contributed by atoms with van der Waals surface area (Å²) in [4.78, 5) is 24.2. The van der Waals surface area contributed by atoms with Gasteiger partial charge in [-0.25, -0.2) is 4.79 Å². The Hall–Kier alpha value is -3.06. The number of thiophene rings is 1. The van der Waals surface area contributed by atoms with Crippen molar-refractivity contribution in [2.45, 2.75) is 12.8 Å². The number of esters is 1. The van der Waals surface area contributed by atoms with Crippen LogP contribution in [0.15, 0.2) is 52.3 Å². The molecular weight excluding hydrogens is 366 g/mol. The molecule has 0 unspecified atom stereocenters. The highest BCUT2D eigenvalue weighted by atomic mass is 32.1. The van der Waals surface area contributed by atoms with Crippen molar-refractivity contribution in [2.24, 2.45) is 0 Å². The molecule has 0 aliphatic rings. The number of carbonyl (C=O) groups excluding carboxylic acids is 2. The normalized spacial score (nSPS) is 10.4. The van der Waals surface area contributed by atoms with Crippen LogP contribution in [0.4, 0.5) is 5.69 Å². The van der Waals surface area contributed by atoms with E-state index in [1.165, 1.54) is 18.4 Å². The van der Waals surface area contributed by atoms with Crippen molar-refractivity contribution in [3.05, 3.63) is 58.5 Å². The third kappa shape index (κ3) is 4.57. The van der Waals surface area contributed by atoms with E-state index >= 15 is 0 Å². The highest BCUT2D eigenvalue weighted by molar-refractivity contribution is 7.12. The van der Waals surface area contributed by atoms with E-state index < -0.39 is 5.97 Å². The average molecular weight is 385 g/mol. The highest BCUT2D eigenvalue weighted by Gasteiger charge is 2.16. The summed E-state index contributed by atoms with van der Waals surface area (Å²) in [5, 5.41) is 4.47. The number of aryl methyl sites for hydroxylation is 1.